The van der Waals surface area contributed by atoms with E-state index in [0.717, 1.165) is 13.1 Å². The van der Waals surface area contributed by atoms with Crippen LogP contribution in [0, 0.1) is 13.8 Å². The summed E-state index contributed by atoms with van der Waals surface area (Å²) in [6.45, 7) is 6.33. The van der Waals surface area contributed by atoms with Gasteiger partial charge in [-0.2, -0.15) is 0 Å². The van der Waals surface area contributed by atoms with Crippen LogP contribution in [0.2, 0.25) is 0 Å². The lowest BCUT2D eigenvalue weighted by Crippen LogP contribution is -2.52. The van der Waals surface area contributed by atoms with Crippen LogP contribution < -0.4 is 5.73 Å². The van der Waals surface area contributed by atoms with E-state index in [1.54, 1.807) is 0 Å². The van der Waals surface area contributed by atoms with Crippen molar-refractivity contribution in [3.8, 4) is 0 Å². The molecule has 0 bridgehead atoms. The molecule has 74 valence electrons. The van der Waals surface area contributed by atoms with Crippen molar-refractivity contribution in [1.29, 1.82) is 0 Å². The molecule has 0 unspecified atom stereocenters. The molecule has 1 aromatic carbocycles. The third-order valence-corrected chi connectivity index (χ3v) is 2.93. The number of quaternary nitrogens is 1. The maximum atomic E-state index is 3.92. The lowest BCUT2D eigenvalue weighted by atomic mass is 10.2. The van der Waals surface area contributed by atoms with Gasteiger partial charge in [0.05, 0.1) is 13.1 Å². The molecule has 2 heteroatoms. The van der Waals surface area contributed by atoms with Gasteiger partial charge in [0.1, 0.15) is 0 Å². The molecule has 0 saturated carbocycles. The molecule has 0 amide bonds. The SMILES string of the molecule is Cc1c(C)n(CC[NH3+])c2ccccc12. The number of benzene rings is 1. The maximum Gasteiger partial charge on any atom is 0.0922 e. The normalized spacial score (nSPS) is 11.1. The van der Waals surface area contributed by atoms with Crippen molar-refractivity contribution in [2.45, 2.75) is 20.4 Å². The molecule has 0 aliphatic carbocycles. The zero-order valence-electron chi connectivity index (χ0n) is 8.88. The predicted molar refractivity (Wildman–Crippen MR) is 59.2 cm³/mol. The predicted octanol–water partition coefficient (Wildman–Crippen LogP) is 1.50. The first-order valence-electron chi connectivity index (χ1n) is 5.09. The summed E-state index contributed by atoms with van der Waals surface area (Å²) in [6, 6.07) is 8.58. The Morgan fingerprint density at radius 3 is 2.64 bits per heavy atom. The Hall–Kier alpha value is -1.28. The van der Waals surface area contributed by atoms with E-state index in [2.05, 4.69) is 48.4 Å². The fourth-order valence-corrected chi connectivity index (χ4v) is 2.05. The van der Waals surface area contributed by atoms with E-state index in [0.29, 0.717) is 0 Å². The molecule has 0 aliphatic rings. The van der Waals surface area contributed by atoms with Crippen LogP contribution in [0.4, 0.5) is 0 Å². The molecule has 2 rings (SSSR count). The number of rotatable bonds is 2. The summed E-state index contributed by atoms with van der Waals surface area (Å²) in [7, 11) is 0. The number of aromatic nitrogens is 1. The molecule has 0 fully saturated rings. The second-order valence-corrected chi connectivity index (χ2v) is 3.73. The van der Waals surface area contributed by atoms with Gasteiger partial charge in [0.2, 0.25) is 0 Å². The average molecular weight is 189 g/mol. The van der Waals surface area contributed by atoms with Gasteiger partial charge in [-0.05, 0) is 25.5 Å². The highest BCUT2D eigenvalue weighted by Crippen LogP contribution is 2.24. The van der Waals surface area contributed by atoms with E-state index in [-0.39, 0.29) is 0 Å². The van der Waals surface area contributed by atoms with Crippen LogP contribution in [0.3, 0.4) is 0 Å². The molecular weight excluding hydrogens is 172 g/mol. The van der Waals surface area contributed by atoms with E-state index in [1.807, 2.05) is 0 Å². The van der Waals surface area contributed by atoms with E-state index >= 15 is 0 Å². The molecule has 0 saturated heterocycles. The second-order valence-electron chi connectivity index (χ2n) is 3.73. The maximum absolute atomic E-state index is 3.92. The van der Waals surface area contributed by atoms with Gasteiger partial charge in [0, 0.05) is 16.6 Å². The van der Waals surface area contributed by atoms with Gasteiger partial charge in [-0.3, -0.25) is 0 Å². The molecule has 1 aromatic heterocycles. The summed E-state index contributed by atoms with van der Waals surface area (Å²) in [5.41, 5.74) is 8.02. The molecule has 0 spiro atoms. The van der Waals surface area contributed by atoms with Crippen molar-refractivity contribution in [2.75, 3.05) is 6.54 Å². The number of hydrogen-bond donors (Lipinski definition) is 1. The first kappa shape index (κ1) is 9.28. The van der Waals surface area contributed by atoms with Crippen molar-refractivity contribution >= 4 is 10.9 Å². The van der Waals surface area contributed by atoms with Crippen LogP contribution in [0.15, 0.2) is 24.3 Å². The van der Waals surface area contributed by atoms with Gasteiger partial charge >= 0.3 is 0 Å². The molecule has 0 aliphatic heterocycles. The van der Waals surface area contributed by atoms with E-state index in [9.17, 15) is 0 Å². The first-order chi connectivity index (χ1) is 6.75. The van der Waals surface area contributed by atoms with E-state index < -0.39 is 0 Å². The van der Waals surface area contributed by atoms with E-state index in [1.165, 1.54) is 22.2 Å². The Balaban J connectivity index is 2.74. The molecular formula is C12H17N2+. The van der Waals surface area contributed by atoms with Gasteiger partial charge in [-0.25, -0.2) is 0 Å². The highest BCUT2D eigenvalue weighted by Gasteiger charge is 2.08. The Bertz CT molecular complexity index is 455. The standard InChI is InChI=1S/C12H16N2/c1-9-10(2)14(8-7-13)12-6-4-3-5-11(9)12/h3-6H,7-8,13H2,1-2H3/p+1. The van der Waals surface area contributed by atoms with Crippen molar-refractivity contribution in [3.05, 3.63) is 35.5 Å². The fraction of sp³-hybridized carbons (Fsp3) is 0.333. The fourth-order valence-electron chi connectivity index (χ4n) is 2.05. The third-order valence-electron chi connectivity index (χ3n) is 2.93. The lowest BCUT2D eigenvalue weighted by molar-refractivity contribution is -0.369. The van der Waals surface area contributed by atoms with Gasteiger partial charge in [-0.1, -0.05) is 18.2 Å². The van der Waals surface area contributed by atoms with Crippen LogP contribution in [-0.2, 0) is 6.54 Å². The Kier molecular flexibility index (Phi) is 2.30. The van der Waals surface area contributed by atoms with Gasteiger partial charge in [0.15, 0.2) is 0 Å². The minimum atomic E-state index is 0.943. The number of fused-ring (bicyclic) bond motifs is 1. The average Bonchev–Trinajstić information content (AvgIpc) is 2.45. The smallest absolute Gasteiger partial charge is 0.0922 e. The number of para-hydroxylation sites is 1. The zero-order valence-corrected chi connectivity index (χ0v) is 8.88. The monoisotopic (exact) mass is 189 g/mol. The highest BCUT2D eigenvalue weighted by atomic mass is 15.0. The third kappa shape index (κ3) is 1.23. The lowest BCUT2D eigenvalue weighted by Gasteiger charge is -2.04. The number of aryl methyl sites for hydroxylation is 1. The summed E-state index contributed by atoms with van der Waals surface area (Å²) in [4.78, 5) is 0. The Morgan fingerprint density at radius 2 is 1.93 bits per heavy atom. The summed E-state index contributed by atoms with van der Waals surface area (Å²) < 4.78 is 2.36. The minimum absolute atomic E-state index is 0.943. The Morgan fingerprint density at radius 1 is 1.21 bits per heavy atom. The van der Waals surface area contributed by atoms with Gasteiger partial charge < -0.3 is 10.3 Å². The van der Waals surface area contributed by atoms with Crippen LogP contribution >= 0.6 is 0 Å². The van der Waals surface area contributed by atoms with E-state index in [4.69, 9.17) is 0 Å². The van der Waals surface area contributed by atoms with Crippen molar-refractivity contribution < 1.29 is 5.73 Å². The summed E-state index contributed by atoms with van der Waals surface area (Å²) in [5, 5.41) is 1.37. The summed E-state index contributed by atoms with van der Waals surface area (Å²) >= 11 is 0. The molecule has 1 heterocycles. The van der Waals surface area contributed by atoms with Crippen LogP contribution in [0.5, 0.6) is 0 Å². The number of hydrogen-bond acceptors (Lipinski definition) is 0. The van der Waals surface area contributed by atoms with Crippen molar-refractivity contribution in [3.63, 3.8) is 0 Å². The van der Waals surface area contributed by atoms with Gasteiger partial charge in [0.25, 0.3) is 0 Å². The summed E-state index contributed by atoms with van der Waals surface area (Å²) in [6.07, 6.45) is 0. The van der Waals surface area contributed by atoms with Crippen molar-refractivity contribution in [1.82, 2.24) is 4.57 Å². The molecule has 0 atom stereocenters. The molecule has 0 radical (unpaired) electrons. The quantitative estimate of drug-likeness (QED) is 0.742. The van der Waals surface area contributed by atoms with Crippen LogP contribution in [-0.4, -0.2) is 11.1 Å². The summed E-state index contributed by atoms with van der Waals surface area (Å²) in [5.74, 6) is 0. The molecule has 3 N–H and O–H groups in total. The Labute approximate surface area is 84.3 Å². The van der Waals surface area contributed by atoms with Crippen molar-refractivity contribution in [2.24, 2.45) is 0 Å². The molecule has 2 nitrogen and oxygen atoms in total. The topological polar surface area (TPSA) is 32.6 Å². The van der Waals surface area contributed by atoms with Crippen LogP contribution in [0.1, 0.15) is 11.3 Å². The molecule has 2 aromatic rings. The number of nitrogens with zero attached hydrogens (tertiary/aromatic N) is 1. The van der Waals surface area contributed by atoms with Crippen LogP contribution in [0.25, 0.3) is 10.9 Å². The molecule has 14 heavy (non-hydrogen) atoms. The minimum Gasteiger partial charge on any atom is -0.356 e. The van der Waals surface area contributed by atoms with Gasteiger partial charge in [-0.15, -0.1) is 0 Å². The highest BCUT2D eigenvalue weighted by molar-refractivity contribution is 5.85. The largest absolute Gasteiger partial charge is 0.356 e. The first-order valence-corrected chi connectivity index (χ1v) is 5.09. The zero-order chi connectivity index (χ0) is 10.1. The second kappa shape index (κ2) is 3.46.